The van der Waals surface area contributed by atoms with Crippen molar-refractivity contribution in [3.05, 3.63) is 18.5 Å². The lowest BCUT2D eigenvalue weighted by Crippen LogP contribution is -2.36. The van der Waals surface area contributed by atoms with E-state index in [1.165, 1.54) is 0 Å². The molecule has 2 unspecified atom stereocenters. The van der Waals surface area contributed by atoms with E-state index in [4.69, 9.17) is 5.11 Å². The minimum Gasteiger partial charge on any atom is -0.393 e. The average molecular weight is 211 g/mol. The van der Waals surface area contributed by atoms with Crippen LogP contribution in [0.4, 0.5) is 0 Å². The minimum absolute atomic E-state index is 0.0203. The summed E-state index contributed by atoms with van der Waals surface area (Å²) < 4.78 is 1.56. The Kier molecular flexibility index (Phi) is 4.30. The summed E-state index contributed by atoms with van der Waals surface area (Å²) in [5, 5.41) is 15.8. The molecule has 0 aliphatic rings. The second kappa shape index (κ2) is 5.50. The molecule has 1 heterocycles. The molecule has 0 aliphatic heterocycles. The number of carbonyl (C=O) groups is 1. The third-order valence-corrected chi connectivity index (χ3v) is 1.97. The molecule has 5 nitrogen and oxygen atoms in total. The van der Waals surface area contributed by atoms with Crippen molar-refractivity contribution >= 4 is 5.91 Å². The summed E-state index contributed by atoms with van der Waals surface area (Å²) in [5.41, 5.74) is 0. The van der Waals surface area contributed by atoms with Gasteiger partial charge in [0.1, 0.15) is 6.54 Å². The Balaban J connectivity index is 2.30. The first kappa shape index (κ1) is 11.7. The van der Waals surface area contributed by atoms with Gasteiger partial charge in [0.25, 0.3) is 0 Å². The molecule has 1 aromatic heterocycles. The molecule has 0 spiro atoms. The van der Waals surface area contributed by atoms with E-state index in [-0.39, 0.29) is 18.5 Å². The SMILES string of the molecule is CC(O)CC(C)NC(=O)Cn1cccn1. The van der Waals surface area contributed by atoms with Crippen LogP contribution in [0.25, 0.3) is 0 Å². The van der Waals surface area contributed by atoms with Crippen LogP contribution in [-0.4, -0.2) is 32.9 Å². The number of nitrogens with one attached hydrogen (secondary N) is 1. The van der Waals surface area contributed by atoms with Gasteiger partial charge in [-0.25, -0.2) is 0 Å². The van der Waals surface area contributed by atoms with Crippen molar-refractivity contribution in [3.63, 3.8) is 0 Å². The topological polar surface area (TPSA) is 67.2 Å². The van der Waals surface area contributed by atoms with Gasteiger partial charge in [0.15, 0.2) is 0 Å². The first-order chi connectivity index (χ1) is 7.08. The average Bonchev–Trinajstić information content (AvgIpc) is 2.53. The van der Waals surface area contributed by atoms with Crippen LogP contribution in [-0.2, 0) is 11.3 Å². The quantitative estimate of drug-likeness (QED) is 0.729. The maximum atomic E-state index is 11.4. The molecule has 1 aromatic rings. The van der Waals surface area contributed by atoms with Crippen LogP contribution in [0.3, 0.4) is 0 Å². The molecular formula is C10H17N3O2. The van der Waals surface area contributed by atoms with Gasteiger partial charge >= 0.3 is 0 Å². The second-order valence-corrected chi connectivity index (χ2v) is 3.76. The van der Waals surface area contributed by atoms with Crippen LogP contribution in [0.15, 0.2) is 18.5 Å². The molecule has 2 atom stereocenters. The van der Waals surface area contributed by atoms with E-state index >= 15 is 0 Å². The number of amides is 1. The fourth-order valence-corrected chi connectivity index (χ4v) is 1.43. The fourth-order valence-electron chi connectivity index (χ4n) is 1.43. The van der Waals surface area contributed by atoms with E-state index in [0.29, 0.717) is 6.42 Å². The first-order valence-corrected chi connectivity index (χ1v) is 5.03. The van der Waals surface area contributed by atoms with Crippen molar-refractivity contribution in [2.24, 2.45) is 0 Å². The van der Waals surface area contributed by atoms with Crippen LogP contribution in [0.2, 0.25) is 0 Å². The Bertz CT molecular complexity index is 296. The van der Waals surface area contributed by atoms with Gasteiger partial charge in [-0.05, 0) is 26.3 Å². The molecule has 5 heteroatoms. The Labute approximate surface area is 89.1 Å². The van der Waals surface area contributed by atoms with Gasteiger partial charge in [-0.2, -0.15) is 5.10 Å². The molecule has 1 amide bonds. The molecule has 0 radical (unpaired) electrons. The zero-order chi connectivity index (χ0) is 11.3. The van der Waals surface area contributed by atoms with Crippen LogP contribution >= 0.6 is 0 Å². The van der Waals surface area contributed by atoms with Gasteiger partial charge in [0, 0.05) is 18.4 Å². The van der Waals surface area contributed by atoms with E-state index in [1.807, 2.05) is 6.92 Å². The smallest absolute Gasteiger partial charge is 0.241 e. The van der Waals surface area contributed by atoms with Crippen LogP contribution in [0.5, 0.6) is 0 Å². The molecule has 0 aromatic carbocycles. The number of nitrogens with zero attached hydrogens (tertiary/aromatic N) is 2. The van der Waals surface area contributed by atoms with E-state index in [2.05, 4.69) is 10.4 Å². The van der Waals surface area contributed by atoms with Gasteiger partial charge in [-0.1, -0.05) is 0 Å². The minimum atomic E-state index is -0.398. The molecular weight excluding hydrogens is 194 g/mol. The summed E-state index contributed by atoms with van der Waals surface area (Å²) >= 11 is 0. The summed E-state index contributed by atoms with van der Waals surface area (Å²) in [6.07, 6.45) is 3.53. The van der Waals surface area contributed by atoms with Crippen molar-refractivity contribution in [2.75, 3.05) is 0 Å². The number of hydrogen-bond acceptors (Lipinski definition) is 3. The lowest BCUT2D eigenvalue weighted by molar-refractivity contribution is -0.122. The van der Waals surface area contributed by atoms with Crippen molar-refractivity contribution in [3.8, 4) is 0 Å². The van der Waals surface area contributed by atoms with Gasteiger partial charge in [-0.3, -0.25) is 9.48 Å². The zero-order valence-electron chi connectivity index (χ0n) is 9.05. The summed E-state index contributed by atoms with van der Waals surface area (Å²) in [5.74, 6) is -0.0909. The van der Waals surface area contributed by atoms with Crippen molar-refractivity contribution in [1.82, 2.24) is 15.1 Å². The van der Waals surface area contributed by atoms with E-state index < -0.39 is 6.10 Å². The summed E-state index contributed by atoms with van der Waals surface area (Å²) in [4.78, 5) is 11.4. The van der Waals surface area contributed by atoms with Crippen LogP contribution < -0.4 is 5.32 Å². The summed E-state index contributed by atoms with van der Waals surface area (Å²) in [6.45, 7) is 3.79. The van der Waals surface area contributed by atoms with Crippen molar-refractivity contribution < 1.29 is 9.90 Å². The Hall–Kier alpha value is -1.36. The summed E-state index contributed by atoms with van der Waals surface area (Å²) in [6, 6.07) is 1.75. The largest absolute Gasteiger partial charge is 0.393 e. The van der Waals surface area contributed by atoms with Crippen molar-refractivity contribution in [1.29, 1.82) is 0 Å². The zero-order valence-corrected chi connectivity index (χ0v) is 9.05. The van der Waals surface area contributed by atoms with Gasteiger partial charge in [0.2, 0.25) is 5.91 Å². The molecule has 0 bridgehead atoms. The molecule has 1 rings (SSSR count). The van der Waals surface area contributed by atoms with Crippen LogP contribution in [0, 0.1) is 0 Å². The molecule has 0 saturated carbocycles. The normalized spacial score (nSPS) is 14.6. The van der Waals surface area contributed by atoms with Gasteiger partial charge < -0.3 is 10.4 Å². The Morgan fingerprint density at radius 3 is 2.87 bits per heavy atom. The number of hydrogen-bond donors (Lipinski definition) is 2. The Morgan fingerprint density at radius 2 is 2.33 bits per heavy atom. The van der Waals surface area contributed by atoms with E-state index in [1.54, 1.807) is 30.1 Å². The van der Waals surface area contributed by atoms with Crippen LogP contribution in [0.1, 0.15) is 20.3 Å². The predicted octanol–water partition coefficient (Wildman–Crippen LogP) is 0.159. The second-order valence-electron chi connectivity index (χ2n) is 3.76. The van der Waals surface area contributed by atoms with Crippen molar-refractivity contribution in [2.45, 2.75) is 39.0 Å². The van der Waals surface area contributed by atoms with E-state index in [0.717, 1.165) is 0 Å². The maximum absolute atomic E-state index is 11.4. The highest BCUT2D eigenvalue weighted by molar-refractivity contribution is 5.75. The molecule has 2 N–H and O–H groups in total. The molecule has 84 valence electrons. The lowest BCUT2D eigenvalue weighted by atomic mass is 10.1. The van der Waals surface area contributed by atoms with Gasteiger partial charge in [-0.15, -0.1) is 0 Å². The number of aliphatic hydroxyl groups excluding tert-OH is 1. The van der Waals surface area contributed by atoms with Gasteiger partial charge in [0.05, 0.1) is 6.10 Å². The lowest BCUT2D eigenvalue weighted by Gasteiger charge is -2.15. The standard InChI is InChI=1S/C10H17N3O2/c1-8(6-9(2)14)12-10(15)7-13-5-3-4-11-13/h3-5,8-9,14H,6-7H2,1-2H3,(H,12,15). The molecule has 0 aliphatic carbocycles. The summed E-state index contributed by atoms with van der Waals surface area (Å²) in [7, 11) is 0. The number of aromatic nitrogens is 2. The molecule has 0 fully saturated rings. The third kappa shape index (κ3) is 4.60. The Morgan fingerprint density at radius 1 is 1.60 bits per heavy atom. The number of aliphatic hydroxyl groups is 1. The maximum Gasteiger partial charge on any atom is 0.241 e. The first-order valence-electron chi connectivity index (χ1n) is 5.03. The fraction of sp³-hybridized carbons (Fsp3) is 0.600. The number of carbonyl (C=O) groups excluding carboxylic acids is 1. The third-order valence-electron chi connectivity index (χ3n) is 1.97. The highest BCUT2D eigenvalue weighted by Gasteiger charge is 2.09. The highest BCUT2D eigenvalue weighted by atomic mass is 16.3. The number of rotatable bonds is 5. The predicted molar refractivity (Wildman–Crippen MR) is 56.1 cm³/mol. The molecule has 15 heavy (non-hydrogen) atoms. The highest BCUT2D eigenvalue weighted by Crippen LogP contribution is 1.96. The monoisotopic (exact) mass is 211 g/mol. The molecule has 0 saturated heterocycles. The van der Waals surface area contributed by atoms with E-state index in [9.17, 15) is 4.79 Å².